The molecule has 0 aromatic rings. The lowest BCUT2D eigenvalue weighted by Crippen LogP contribution is -2.37. The molecule has 0 aliphatic heterocycles. The number of carboxylic acids is 1. The molecule has 0 aromatic heterocycles. The minimum atomic E-state index is -0.911. The molecule has 0 heterocycles. The van der Waals surface area contributed by atoms with Crippen molar-refractivity contribution in [1.82, 2.24) is 0 Å². The number of hydrogen-bond acceptors (Lipinski definition) is 2. The molecule has 2 nitrogen and oxygen atoms in total. The predicted octanol–water partition coefficient (Wildman–Crippen LogP) is 1.90. The zero-order valence-electron chi connectivity index (χ0n) is 9.30. The maximum atomic E-state index is 10.7. The third-order valence-corrected chi connectivity index (χ3v) is 3.60. The Morgan fingerprint density at radius 3 is 2.64 bits per heavy atom. The highest BCUT2D eigenvalue weighted by molar-refractivity contribution is 5.65. The van der Waals surface area contributed by atoms with Crippen LogP contribution in [0.2, 0.25) is 0 Å². The Labute approximate surface area is 86.0 Å². The zero-order chi connectivity index (χ0) is 10.8. The van der Waals surface area contributed by atoms with Gasteiger partial charge >= 0.3 is 0 Å². The second-order valence-corrected chi connectivity index (χ2v) is 4.82. The normalized spacial score (nSPS) is 27.6. The molecule has 1 aliphatic carbocycles. The van der Waals surface area contributed by atoms with E-state index in [1.54, 1.807) is 0 Å². The van der Waals surface area contributed by atoms with Gasteiger partial charge in [0.15, 0.2) is 0 Å². The number of carbonyl (C=O) groups excluding carboxylic acids is 1. The molecule has 0 radical (unpaired) electrons. The van der Waals surface area contributed by atoms with Crippen molar-refractivity contribution in [2.75, 3.05) is 0 Å². The van der Waals surface area contributed by atoms with Gasteiger partial charge in [-0.25, -0.2) is 0 Å². The lowest BCUT2D eigenvalue weighted by atomic mass is 9.66. The molecule has 2 heteroatoms. The van der Waals surface area contributed by atoms with Gasteiger partial charge in [0.1, 0.15) is 0 Å². The molecule has 0 N–H and O–H groups in total. The summed E-state index contributed by atoms with van der Waals surface area (Å²) in [6.07, 6.45) is 5.30. The number of rotatable bonds is 3. The van der Waals surface area contributed by atoms with Gasteiger partial charge in [0.25, 0.3) is 0 Å². The number of allylic oxidation sites excluding steroid dienone is 2. The molecule has 1 atom stereocenters. The van der Waals surface area contributed by atoms with E-state index in [4.69, 9.17) is 0 Å². The van der Waals surface area contributed by atoms with Gasteiger partial charge in [-0.3, -0.25) is 0 Å². The Balaban J connectivity index is 2.79. The van der Waals surface area contributed by atoms with Crippen molar-refractivity contribution in [2.45, 2.75) is 46.5 Å². The van der Waals surface area contributed by atoms with Crippen molar-refractivity contribution in [1.29, 1.82) is 0 Å². The topological polar surface area (TPSA) is 40.1 Å². The van der Waals surface area contributed by atoms with Crippen molar-refractivity contribution < 1.29 is 9.90 Å². The average molecular weight is 195 g/mol. The van der Waals surface area contributed by atoms with Crippen molar-refractivity contribution in [3.63, 3.8) is 0 Å². The van der Waals surface area contributed by atoms with Gasteiger partial charge in [-0.05, 0) is 43.9 Å². The number of carboxylic acid groups (broad SMARTS) is 1. The number of aliphatic carboxylic acids is 1. The summed E-state index contributed by atoms with van der Waals surface area (Å²) < 4.78 is 0. The van der Waals surface area contributed by atoms with Crippen LogP contribution in [0.5, 0.6) is 0 Å². The van der Waals surface area contributed by atoms with Crippen LogP contribution in [0.1, 0.15) is 46.5 Å². The van der Waals surface area contributed by atoms with E-state index in [9.17, 15) is 9.90 Å². The maximum Gasteiger partial charge on any atom is 0.0420 e. The van der Waals surface area contributed by atoms with E-state index in [0.29, 0.717) is 5.92 Å². The lowest BCUT2D eigenvalue weighted by Gasteiger charge is -2.40. The molecule has 80 valence electrons. The second-order valence-electron chi connectivity index (χ2n) is 4.82. The molecule has 0 fully saturated rings. The largest absolute Gasteiger partial charge is 0.550 e. The SMILES string of the molecule is CC1=CCC(CC(=O)[O-])(C(C)C)CC1. The third kappa shape index (κ3) is 2.37. The number of carbonyl (C=O) groups is 1. The molecule has 14 heavy (non-hydrogen) atoms. The van der Waals surface area contributed by atoms with Crippen LogP contribution in [0.15, 0.2) is 11.6 Å². The molecule has 0 amide bonds. The van der Waals surface area contributed by atoms with Gasteiger partial charge in [-0.1, -0.05) is 25.5 Å². The highest BCUT2D eigenvalue weighted by atomic mass is 16.4. The average Bonchev–Trinajstić information content (AvgIpc) is 2.08. The summed E-state index contributed by atoms with van der Waals surface area (Å²) in [7, 11) is 0. The summed E-state index contributed by atoms with van der Waals surface area (Å²) in [5, 5.41) is 10.7. The van der Waals surface area contributed by atoms with E-state index >= 15 is 0 Å². The molecule has 1 rings (SSSR count). The Hall–Kier alpha value is -0.790. The molecule has 0 saturated carbocycles. The Morgan fingerprint density at radius 1 is 1.64 bits per heavy atom. The second kappa shape index (κ2) is 4.16. The summed E-state index contributed by atoms with van der Waals surface area (Å²) in [5.41, 5.74) is 1.33. The van der Waals surface area contributed by atoms with Crippen LogP contribution in [0, 0.1) is 11.3 Å². The van der Waals surface area contributed by atoms with E-state index in [1.807, 2.05) is 0 Å². The lowest BCUT2D eigenvalue weighted by molar-refractivity contribution is -0.309. The monoisotopic (exact) mass is 195 g/mol. The van der Waals surface area contributed by atoms with Crippen molar-refractivity contribution in [3.05, 3.63) is 11.6 Å². The quantitative estimate of drug-likeness (QED) is 0.645. The fraction of sp³-hybridized carbons (Fsp3) is 0.750. The van der Waals surface area contributed by atoms with E-state index in [0.717, 1.165) is 19.3 Å². The van der Waals surface area contributed by atoms with Gasteiger partial charge < -0.3 is 9.90 Å². The summed E-state index contributed by atoms with van der Waals surface area (Å²) in [5.74, 6) is -0.503. The minimum Gasteiger partial charge on any atom is -0.550 e. The maximum absolute atomic E-state index is 10.7. The van der Waals surface area contributed by atoms with Gasteiger partial charge in [0, 0.05) is 5.97 Å². The van der Waals surface area contributed by atoms with Crippen LogP contribution in [0.4, 0.5) is 0 Å². The molecule has 0 bridgehead atoms. The van der Waals surface area contributed by atoms with E-state index in [1.165, 1.54) is 5.57 Å². The van der Waals surface area contributed by atoms with E-state index in [2.05, 4.69) is 26.8 Å². The van der Waals surface area contributed by atoms with Crippen LogP contribution < -0.4 is 5.11 Å². The van der Waals surface area contributed by atoms with Gasteiger partial charge in [-0.2, -0.15) is 0 Å². The Bertz CT molecular complexity index is 253. The van der Waals surface area contributed by atoms with Crippen molar-refractivity contribution in [3.8, 4) is 0 Å². The number of hydrogen-bond donors (Lipinski definition) is 0. The standard InChI is InChI=1S/C12H20O2/c1-9(2)12(8-11(13)14)6-4-10(3)5-7-12/h4,9H,5-8H2,1-3H3,(H,13,14)/p-1. The Morgan fingerprint density at radius 2 is 2.29 bits per heavy atom. The first-order valence-electron chi connectivity index (χ1n) is 5.32. The summed E-state index contributed by atoms with van der Waals surface area (Å²) in [6.45, 7) is 6.33. The van der Waals surface area contributed by atoms with Crippen LogP contribution in [-0.4, -0.2) is 5.97 Å². The Kier molecular flexibility index (Phi) is 3.35. The van der Waals surface area contributed by atoms with Crippen LogP contribution in [0.3, 0.4) is 0 Å². The summed E-state index contributed by atoms with van der Waals surface area (Å²) in [4.78, 5) is 10.7. The van der Waals surface area contributed by atoms with Gasteiger partial charge in [0.2, 0.25) is 0 Å². The van der Waals surface area contributed by atoms with Crippen molar-refractivity contribution >= 4 is 5.97 Å². The first-order chi connectivity index (χ1) is 6.46. The molecule has 0 spiro atoms. The van der Waals surface area contributed by atoms with Crippen LogP contribution in [0.25, 0.3) is 0 Å². The molecule has 0 aromatic carbocycles. The van der Waals surface area contributed by atoms with Crippen LogP contribution >= 0.6 is 0 Å². The van der Waals surface area contributed by atoms with Crippen LogP contribution in [-0.2, 0) is 4.79 Å². The fourth-order valence-electron chi connectivity index (χ4n) is 2.20. The zero-order valence-corrected chi connectivity index (χ0v) is 9.30. The molecular weight excluding hydrogens is 176 g/mol. The van der Waals surface area contributed by atoms with E-state index in [-0.39, 0.29) is 11.8 Å². The third-order valence-electron chi connectivity index (χ3n) is 3.60. The van der Waals surface area contributed by atoms with E-state index < -0.39 is 5.97 Å². The highest BCUT2D eigenvalue weighted by Crippen LogP contribution is 2.44. The summed E-state index contributed by atoms with van der Waals surface area (Å²) >= 11 is 0. The molecule has 1 unspecified atom stereocenters. The van der Waals surface area contributed by atoms with Gasteiger partial charge in [0.05, 0.1) is 0 Å². The highest BCUT2D eigenvalue weighted by Gasteiger charge is 2.34. The molecule has 1 aliphatic rings. The smallest absolute Gasteiger partial charge is 0.0420 e. The van der Waals surface area contributed by atoms with Gasteiger partial charge in [-0.15, -0.1) is 0 Å². The molecular formula is C12H19O2-. The fourth-order valence-corrected chi connectivity index (χ4v) is 2.20. The van der Waals surface area contributed by atoms with Crippen molar-refractivity contribution in [2.24, 2.45) is 11.3 Å². The first-order valence-corrected chi connectivity index (χ1v) is 5.32. The summed E-state index contributed by atoms with van der Waals surface area (Å²) in [6, 6.07) is 0. The predicted molar refractivity (Wildman–Crippen MR) is 54.5 cm³/mol. The first kappa shape index (κ1) is 11.3. The molecule has 0 saturated heterocycles. The minimum absolute atomic E-state index is 0.0572.